The zero-order valence-electron chi connectivity index (χ0n) is 15.1. The van der Waals surface area contributed by atoms with E-state index in [2.05, 4.69) is 21.0 Å². The molecule has 0 bridgehead atoms. The van der Waals surface area contributed by atoms with Gasteiger partial charge in [-0.3, -0.25) is 9.78 Å². The normalized spacial score (nSPS) is 17.3. The molecular weight excluding hydrogens is 326 g/mol. The first-order valence-electron chi connectivity index (χ1n) is 9.15. The molecule has 1 N–H and O–H groups in total. The molecule has 1 fully saturated rings. The second-order valence-corrected chi connectivity index (χ2v) is 7.26. The molecule has 1 aliphatic heterocycles. The number of H-pyrrole nitrogens is 1. The van der Waals surface area contributed by atoms with Crippen LogP contribution >= 0.6 is 0 Å². The van der Waals surface area contributed by atoms with E-state index in [1.807, 2.05) is 43.3 Å². The molecule has 0 spiro atoms. The minimum absolute atomic E-state index is 0.0579. The van der Waals surface area contributed by atoms with Gasteiger partial charge in [0.1, 0.15) is 5.52 Å². The molecule has 3 aromatic rings. The molecule has 0 aliphatic carbocycles. The first kappa shape index (κ1) is 16.7. The topological polar surface area (TPSA) is 74.8 Å². The summed E-state index contributed by atoms with van der Waals surface area (Å²) < 4.78 is 0. The Kier molecular flexibility index (Phi) is 4.41. The Morgan fingerprint density at radius 2 is 2.23 bits per heavy atom. The number of rotatable bonds is 4. The lowest BCUT2D eigenvalue weighted by Crippen LogP contribution is -2.32. The van der Waals surface area contributed by atoms with Gasteiger partial charge < -0.3 is 9.88 Å². The van der Waals surface area contributed by atoms with Crippen molar-refractivity contribution in [2.24, 2.45) is 11.8 Å². The third kappa shape index (κ3) is 3.19. The third-order valence-corrected chi connectivity index (χ3v) is 5.00. The number of carbonyl (C=O) groups is 1. The summed E-state index contributed by atoms with van der Waals surface area (Å²) in [7, 11) is 0. The monoisotopic (exact) mass is 349 g/mol. The van der Waals surface area contributed by atoms with Crippen LogP contribution in [0, 0.1) is 11.8 Å². The number of carbonyl (C=O) groups excluding carboxylic acids is 1. The predicted molar refractivity (Wildman–Crippen MR) is 100 cm³/mol. The number of hydrogen-bond acceptors (Lipinski definition) is 4. The number of aromatic amines is 1. The lowest BCUT2D eigenvalue weighted by molar-refractivity contribution is -0.133. The average Bonchev–Trinajstić information content (AvgIpc) is 3.30. The molecule has 0 saturated carbocycles. The molecule has 6 nitrogen and oxygen atoms in total. The molecule has 0 unspecified atom stereocenters. The molecule has 4 rings (SSSR count). The molecule has 26 heavy (non-hydrogen) atoms. The predicted octanol–water partition coefficient (Wildman–Crippen LogP) is 3.07. The minimum atomic E-state index is 0.0579. The van der Waals surface area contributed by atoms with Crippen LogP contribution in [0.25, 0.3) is 22.4 Å². The van der Waals surface area contributed by atoms with E-state index in [1.165, 1.54) is 0 Å². The van der Waals surface area contributed by atoms with Gasteiger partial charge in [-0.25, -0.2) is 9.97 Å². The van der Waals surface area contributed by atoms with Crippen molar-refractivity contribution >= 4 is 17.1 Å². The number of fused-ring (bicyclic) bond motifs is 1. The van der Waals surface area contributed by atoms with Gasteiger partial charge in [0.05, 0.1) is 17.6 Å². The largest absolute Gasteiger partial charge is 0.345 e. The first-order valence-corrected chi connectivity index (χ1v) is 9.15. The van der Waals surface area contributed by atoms with Gasteiger partial charge in [0.15, 0.2) is 5.65 Å². The standard InChI is InChI=1S/C20H23N5O/c1-13(2)20(26)25-9-6-14(12-25)10-17-15(4-3-7-21-17)18-11-23-19-16(24-18)5-8-22-19/h3-5,7-8,11,13-14H,6,9-10,12H2,1-2H3,(H,22,23)/t14-/m0/s1. The van der Waals surface area contributed by atoms with Crippen molar-refractivity contribution in [2.45, 2.75) is 26.7 Å². The zero-order valence-corrected chi connectivity index (χ0v) is 15.1. The van der Waals surface area contributed by atoms with E-state index in [0.717, 1.165) is 54.0 Å². The number of likely N-dealkylation sites (tertiary alicyclic amines) is 1. The number of nitrogens with zero attached hydrogens (tertiary/aromatic N) is 4. The summed E-state index contributed by atoms with van der Waals surface area (Å²) in [6, 6.07) is 5.91. The van der Waals surface area contributed by atoms with E-state index in [4.69, 9.17) is 4.98 Å². The van der Waals surface area contributed by atoms with Crippen molar-refractivity contribution in [3.05, 3.63) is 42.5 Å². The van der Waals surface area contributed by atoms with E-state index in [-0.39, 0.29) is 11.8 Å². The Bertz CT molecular complexity index is 933. The van der Waals surface area contributed by atoms with E-state index in [0.29, 0.717) is 5.92 Å². The maximum atomic E-state index is 12.2. The highest BCUT2D eigenvalue weighted by Crippen LogP contribution is 2.27. The van der Waals surface area contributed by atoms with Crippen LogP contribution in [0.5, 0.6) is 0 Å². The smallest absolute Gasteiger partial charge is 0.225 e. The van der Waals surface area contributed by atoms with Gasteiger partial charge in [-0.15, -0.1) is 0 Å². The van der Waals surface area contributed by atoms with Crippen molar-refractivity contribution in [2.75, 3.05) is 13.1 Å². The van der Waals surface area contributed by atoms with Crippen molar-refractivity contribution in [3.8, 4) is 11.3 Å². The van der Waals surface area contributed by atoms with Crippen molar-refractivity contribution < 1.29 is 4.79 Å². The third-order valence-electron chi connectivity index (χ3n) is 5.00. The highest BCUT2D eigenvalue weighted by molar-refractivity contribution is 5.78. The van der Waals surface area contributed by atoms with Crippen LogP contribution in [0.1, 0.15) is 26.0 Å². The summed E-state index contributed by atoms with van der Waals surface area (Å²) in [4.78, 5) is 31.0. The fraction of sp³-hybridized carbons (Fsp3) is 0.400. The van der Waals surface area contributed by atoms with Gasteiger partial charge in [-0.2, -0.15) is 0 Å². The summed E-state index contributed by atoms with van der Waals surface area (Å²) in [5.74, 6) is 0.746. The maximum absolute atomic E-state index is 12.2. The van der Waals surface area contributed by atoms with Crippen LogP contribution in [-0.4, -0.2) is 43.8 Å². The zero-order chi connectivity index (χ0) is 18.1. The Morgan fingerprint density at radius 1 is 1.35 bits per heavy atom. The van der Waals surface area contributed by atoms with Gasteiger partial charge in [-0.05, 0) is 37.0 Å². The summed E-state index contributed by atoms with van der Waals surface area (Å²) in [6.45, 7) is 5.58. The lowest BCUT2D eigenvalue weighted by Gasteiger charge is -2.19. The number of nitrogens with one attached hydrogen (secondary N) is 1. The van der Waals surface area contributed by atoms with Crippen LogP contribution in [0.15, 0.2) is 36.8 Å². The maximum Gasteiger partial charge on any atom is 0.225 e. The number of amides is 1. The van der Waals surface area contributed by atoms with E-state index in [9.17, 15) is 4.79 Å². The summed E-state index contributed by atoms with van der Waals surface area (Å²) in [5, 5.41) is 0. The van der Waals surface area contributed by atoms with Gasteiger partial charge in [0.25, 0.3) is 0 Å². The van der Waals surface area contributed by atoms with E-state index < -0.39 is 0 Å². The Hall–Kier alpha value is -2.76. The lowest BCUT2D eigenvalue weighted by atomic mass is 9.98. The van der Waals surface area contributed by atoms with Gasteiger partial charge in [0.2, 0.25) is 5.91 Å². The Balaban J connectivity index is 1.56. The molecule has 1 aliphatic rings. The van der Waals surface area contributed by atoms with Crippen molar-refractivity contribution in [1.82, 2.24) is 24.8 Å². The van der Waals surface area contributed by atoms with Crippen LogP contribution in [0.4, 0.5) is 0 Å². The molecule has 1 amide bonds. The molecular formula is C20H23N5O. The quantitative estimate of drug-likeness (QED) is 0.785. The van der Waals surface area contributed by atoms with Gasteiger partial charge in [-0.1, -0.05) is 13.8 Å². The Morgan fingerprint density at radius 3 is 3.08 bits per heavy atom. The fourth-order valence-electron chi connectivity index (χ4n) is 3.63. The number of hydrogen-bond donors (Lipinski definition) is 1. The van der Waals surface area contributed by atoms with Crippen molar-refractivity contribution in [3.63, 3.8) is 0 Å². The van der Waals surface area contributed by atoms with Gasteiger partial charge >= 0.3 is 0 Å². The number of pyridine rings is 1. The van der Waals surface area contributed by atoms with E-state index in [1.54, 1.807) is 6.20 Å². The van der Waals surface area contributed by atoms with Crippen molar-refractivity contribution in [1.29, 1.82) is 0 Å². The SMILES string of the molecule is CC(C)C(=O)N1CC[C@@H](Cc2ncccc2-c2cnc3[nH]ccc3n2)C1. The first-order chi connectivity index (χ1) is 12.6. The molecule has 1 atom stereocenters. The molecule has 0 radical (unpaired) electrons. The molecule has 4 heterocycles. The van der Waals surface area contributed by atoms with Crippen LogP contribution < -0.4 is 0 Å². The second-order valence-electron chi connectivity index (χ2n) is 7.26. The summed E-state index contributed by atoms with van der Waals surface area (Å²) in [6.07, 6.45) is 7.34. The fourth-order valence-corrected chi connectivity index (χ4v) is 3.63. The highest BCUT2D eigenvalue weighted by atomic mass is 16.2. The van der Waals surface area contributed by atoms with Crippen LogP contribution in [0.3, 0.4) is 0 Å². The molecule has 6 heteroatoms. The van der Waals surface area contributed by atoms with Crippen LogP contribution in [0.2, 0.25) is 0 Å². The molecule has 3 aromatic heterocycles. The summed E-state index contributed by atoms with van der Waals surface area (Å²) >= 11 is 0. The molecule has 1 saturated heterocycles. The van der Waals surface area contributed by atoms with E-state index >= 15 is 0 Å². The average molecular weight is 349 g/mol. The molecule has 134 valence electrons. The van der Waals surface area contributed by atoms with Crippen LogP contribution in [-0.2, 0) is 11.2 Å². The second kappa shape index (κ2) is 6.86. The Labute approximate surface area is 152 Å². The minimum Gasteiger partial charge on any atom is -0.345 e. The number of aromatic nitrogens is 4. The molecule has 0 aromatic carbocycles. The van der Waals surface area contributed by atoms with Gasteiger partial charge in [0, 0.05) is 37.0 Å². The highest BCUT2D eigenvalue weighted by Gasteiger charge is 2.28. The summed E-state index contributed by atoms with van der Waals surface area (Å²) in [5.41, 5.74) is 4.54.